The highest BCUT2D eigenvalue weighted by molar-refractivity contribution is 7.91. The summed E-state index contributed by atoms with van der Waals surface area (Å²) < 4.78 is 47.5. The first-order chi connectivity index (χ1) is 19.0. The molecular formula is C27H28N6O5S. The van der Waals surface area contributed by atoms with Gasteiger partial charge in [0.2, 0.25) is 0 Å². The predicted octanol–water partition coefficient (Wildman–Crippen LogP) is 2.46. The van der Waals surface area contributed by atoms with Crippen LogP contribution in [0.15, 0.2) is 47.4 Å². The van der Waals surface area contributed by atoms with Crippen molar-refractivity contribution in [1.82, 2.24) is 29.4 Å². The van der Waals surface area contributed by atoms with Gasteiger partial charge < -0.3 is 18.8 Å². The van der Waals surface area contributed by atoms with Gasteiger partial charge in [0.15, 0.2) is 21.5 Å². The molecule has 0 saturated carbocycles. The van der Waals surface area contributed by atoms with E-state index < -0.39 is 9.84 Å². The lowest BCUT2D eigenvalue weighted by molar-refractivity contribution is 0.0342. The molecule has 202 valence electrons. The van der Waals surface area contributed by atoms with Gasteiger partial charge in [-0.2, -0.15) is 5.10 Å². The number of hydrogen-bond donors (Lipinski definition) is 0. The molecular weight excluding hydrogens is 520 g/mol. The summed E-state index contributed by atoms with van der Waals surface area (Å²) in [6, 6.07) is 13.4. The Morgan fingerprint density at radius 3 is 2.56 bits per heavy atom. The molecule has 0 amide bonds. The molecule has 4 aromatic rings. The first-order valence-electron chi connectivity index (χ1n) is 12.9. The molecule has 12 heteroatoms. The molecule has 0 radical (unpaired) electrons. The zero-order valence-corrected chi connectivity index (χ0v) is 22.4. The molecule has 5 heterocycles. The number of sulfone groups is 1. The van der Waals surface area contributed by atoms with Crippen LogP contribution in [0.5, 0.6) is 5.75 Å². The first-order valence-corrected chi connectivity index (χ1v) is 14.6. The van der Waals surface area contributed by atoms with E-state index in [9.17, 15) is 8.42 Å². The van der Waals surface area contributed by atoms with Crippen LogP contribution in [0.3, 0.4) is 0 Å². The van der Waals surface area contributed by atoms with Crippen LogP contribution in [0, 0.1) is 0 Å². The van der Waals surface area contributed by atoms with E-state index in [1.54, 1.807) is 25.3 Å². The molecule has 3 aliphatic rings. The van der Waals surface area contributed by atoms with Crippen molar-refractivity contribution in [1.29, 1.82) is 0 Å². The number of nitrogens with zero attached hydrogens (tertiary/aromatic N) is 6. The lowest BCUT2D eigenvalue weighted by Gasteiger charge is -2.26. The van der Waals surface area contributed by atoms with Gasteiger partial charge >= 0.3 is 0 Å². The molecule has 3 aliphatic heterocycles. The summed E-state index contributed by atoms with van der Waals surface area (Å²) >= 11 is 0. The van der Waals surface area contributed by atoms with Crippen molar-refractivity contribution in [3.05, 3.63) is 59.4 Å². The maximum atomic E-state index is 13.5. The highest BCUT2D eigenvalue weighted by Gasteiger charge is 2.38. The van der Waals surface area contributed by atoms with Crippen molar-refractivity contribution in [3.63, 3.8) is 0 Å². The maximum Gasteiger partial charge on any atom is 0.185 e. The second kappa shape index (κ2) is 9.56. The standard InChI is InChI=1S/C27H28N6O5S/c1-36-21-3-2-4-22-24(21)26-20(17-39(22,34)35)25(27-29-28-23-16-38-14-11-32(23)27)30-33(26)19-7-5-18(6-8-19)15-31-9-12-37-13-10-31/h2-8H,9-17H2,1H3. The number of morpholine rings is 1. The Morgan fingerprint density at radius 2 is 1.77 bits per heavy atom. The number of methoxy groups -OCH3 is 1. The van der Waals surface area contributed by atoms with E-state index >= 15 is 0 Å². The van der Waals surface area contributed by atoms with E-state index in [0.29, 0.717) is 59.7 Å². The number of benzene rings is 2. The minimum absolute atomic E-state index is 0.189. The largest absolute Gasteiger partial charge is 0.496 e. The Bertz CT molecular complexity index is 1650. The van der Waals surface area contributed by atoms with Gasteiger partial charge in [-0.05, 0) is 29.8 Å². The lowest BCUT2D eigenvalue weighted by atomic mass is 10.0. The third-order valence-electron chi connectivity index (χ3n) is 7.52. The van der Waals surface area contributed by atoms with Crippen LogP contribution in [0.1, 0.15) is 17.0 Å². The fraction of sp³-hybridized carbons (Fsp3) is 0.370. The van der Waals surface area contributed by atoms with Crippen molar-refractivity contribution in [2.45, 2.75) is 30.3 Å². The van der Waals surface area contributed by atoms with Crippen LogP contribution in [0.4, 0.5) is 0 Å². The highest BCUT2D eigenvalue weighted by atomic mass is 32.2. The Morgan fingerprint density at radius 1 is 0.974 bits per heavy atom. The topological polar surface area (TPSA) is 114 Å². The van der Waals surface area contributed by atoms with Gasteiger partial charge in [0.1, 0.15) is 18.1 Å². The van der Waals surface area contributed by atoms with Crippen molar-refractivity contribution >= 4 is 9.84 Å². The molecule has 39 heavy (non-hydrogen) atoms. The Labute approximate surface area is 225 Å². The van der Waals surface area contributed by atoms with E-state index in [0.717, 1.165) is 38.5 Å². The fourth-order valence-electron chi connectivity index (χ4n) is 5.58. The third-order valence-corrected chi connectivity index (χ3v) is 9.20. The third kappa shape index (κ3) is 4.15. The summed E-state index contributed by atoms with van der Waals surface area (Å²) in [6.07, 6.45) is 0. The minimum Gasteiger partial charge on any atom is -0.496 e. The Hall–Kier alpha value is -3.58. The van der Waals surface area contributed by atoms with Crippen LogP contribution in [-0.4, -0.2) is 77.9 Å². The monoisotopic (exact) mass is 548 g/mol. The molecule has 11 nitrogen and oxygen atoms in total. The molecule has 0 bridgehead atoms. The molecule has 2 aromatic heterocycles. The molecule has 1 fully saturated rings. The molecule has 0 unspecified atom stereocenters. The molecule has 7 rings (SSSR count). The second-order valence-corrected chi connectivity index (χ2v) is 11.8. The van der Waals surface area contributed by atoms with Gasteiger partial charge in [0, 0.05) is 31.7 Å². The van der Waals surface area contributed by atoms with Gasteiger partial charge in [-0.15, -0.1) is 10.2 Å². The average molecular weight is 549 g/mol. The smallest absolute Gasteiger partial charge is 0.185 e. The van der Waals surface area contributed by atoms with Gasteiger partial charge in [-0.1, -0.05) is 18.2 Å². The minimum atomic E-state index is -3.65. The summed E-state index contributed by atoms with van der Waals surface area (Å²) in [6.45, 7) is 5.63. The zero-order valence-electron chi connectivity index (χ0n) is 21.5. The Balaban J connectivity index is 1.40. The van der Waals surface area contributed by atoms with Crippen molar-refractivity contribution in [2.24, 2.45) is 0 Å². The SMILES string of the molecule is COc1cccc2c1-c1c(c(-c3nnc4n3CCOC4)nn1-c1ccc(CN3CCOCC3)cc1)CS2(=O)=O. The first kappa shape index (κ1) is 24.5. The molecule has 1 saturated heterocycles. The summed E-state index contributed by atoms with van der Waals surface area (Å²) in [5.41, 5.74) is 4.31. The van der Waals surface area contributed by atoms with Crippen molar-refractivity contribution in [2.75, 3.05) is 40.0 Å². The van der Waals surface area contributed by atoms with Gasteiger partial charge in [0.25, 0.3) is 0 Å². The highest BCUT2D eigenvalue weighted by Crippen LogP contribution is 2.47. The summed E-state index contributed by atoms with van der Waals surface area (Å²) in [5.74, 6) is 1.53. The van der Waals surface area contributed by atoms with E-state index in [4.69, 9.17) is 19.3 Å². The van der Waals surface area contributed by atoms with E-state index in [2.05, 4.69) is 27.2 Å². The number of ether oxygens (including phenoxy) is 3. The van der Waals surface area contributed by atoms with E-state index in [-0.39, 0.29) is 10.6 Å². The van der Waals surface area contributed by atoms with Gasteiger partial charge in [-0.25, -0.2) is 13.1 Å². The van der Waals surface area contributed by atoms with Gasteiger partial charge in [-0.3, -0.25) is 4.90 Å². The maximum absolute atomic E-state index is 13.5. The van der Waals surface area contributed by atoms with E-state index in [1.807, 2.05) is 21.4 Å². The fourth-order valence-corrected chi connectivity index (χ4v) is 7.19. The van der Waals surface area contributed by atoms with Crippen LogP contribution in [0.2, 0.25) is 0 Å². The van der Waals surface area contributed by atoms with Crippen LogP contribution in [-0.2, 0) is 44.8 Å². The van der Waals surface area contributed by atoms with Gasteiger partial charge in [0.05, 0.1) is 54.5 Å². The van der Waals surface area contributed by atoms with E-state index in [1.165, 1.54) is 5.56 Å². The zero-order chi connectivity index (χ0) is 26.6. The lowest BCUT2D eigenvalue weighted by Crippen LogP contribution is -2.35. The van der Waals surface area contributed by atoms with Crippen LogP contribution >= 0.6 is 0 Å². The molecule has 0 atom stereocenters. The number of hydrogen-bond acceptors (Lipinski definition) is 9. The molecule has 0 N–H and O–H groups in total. The Kier molecular flexibility index (Phi) is 5.99. The second-order valence-electron chi connectivity index (χ2n) is 9.88. The normalized spacial score (nSPS) is 18.3. The molecule has 2 aromatic carbocycles. The molecule has 0 spiro atoms. The van der Waals surface area contributed by atoms with Crippen molar-refractivity contribution in [3.8, 4) is 34.2 Å². The summed E-state index contributed by atoms with van der Waals surface area (Å²) in [5, 5.41) is 13.7. The van der Waals surface area contributed by atoms with Crippen LogP contribution in [0.25, 0.3) is 28.5 Å². The van der Waals surface area contributed by atoms with Crippen LogP contribution < -0.4 is 4.74 Å². The number of aromatic nitrogens is 5. The predicted molar refractivity (Wildman–Crippen MR) is 141 cm³/mol. The number of fused-ring (bicyclic) bond motifs is 4. The quantitative estimate of drug-likeness (QED) is 0.371. The average Bonchev–Trinajstić information content (AvgIpc) is 3.55. The number of rotatable bonds is 5. The molecule has 0 aliphatic carbocycles. The van der Waals surface area contributed by atoms with Crippen molar-refractivity contribution < 1.29 is 22.6 Å². The summed E-state index contributed by atoms with van der Waals surface area (Å²) in [7, 11) is -2.10. The summed E-state index contributed by atoms with van der Waals surface area (Å²) in [4.78, 5) is 2.61.